The van der Waals surface area contributed by atoms with E-state index in [-0.39, 0.29) is 12.5 Å². The number of amides is 2. The normalized spacial score (nSPS) is 13.4. The van der Waals surface area contributed by atoms with Gasteiger partial charge in [0.25, 0.3) is 11.8 Å². The van der Waals surface area contributed by atoms with Crippen molar-refractivity contribution in [2.24, 2.45) is 5.73 Å². The number of primary amides is 1. The molecule has 1 saturated carbocycles. The molecular weight excluding hydrogens is 304 g/mol. The van der Waals surface area contributed by atoms with Crippen molar-refractivity contribution < 1.29 is 14.3 Å². The van der Waals surface area contributed by atoms with Gasteiger partial charge in [-0.3, -0.25) is 9.59 Å². The number of ether oxygens (including phenoxy) is 1. The molecule has 5 heteroatoms. The zero-order chi connectivity index (χ0) is 17.1. The van der Waals surface area contributed by atoms with Crippen LogP contribution in [0.1, 0.15) is 28.8 Å². The lowest BCUT2D eigenvalue weighted by molar-refractivity contribution is -0.119. The Morgan fingerprint density at radius 3 is 2.71 bits per heavy atom. The SMILES string of the molecule is Cc1ccc(OCC(N)=O)c(-c2cccc(C(=O)NC3CC3)c2)c1. The lowest BCUT2D eigenvalue weighted by Crippen LogP contribution is -2.25. The molecule has 124 valence electrons. The van der Waals surface area contributed by atoms with E-state index in [1.54, 1.807) is 6.07 Å². The van der Waals surface area contributed by atoms with Gasteiger partial charge in [-0.25, -0.2) is 0 Å². The highest BCUT2D eigenvalue weighted by molar-refractivity contribution is 5.96. The summed E-state index contributed by atoms with van der Waals surface area (Å²) in [5, 5.41) is 2.98. The summed E-state index contributed by atoms with van der Waals surface area (Å²) in [6.07, 6.45) is 2.10. The molecule has 3 N–H and O–H groups in total. The largest absolute Gasteiger partial charge is 0.483 e. The smallest absolute Gasteiger partial charge is 0.255 e. The fourth-order valence-electron chi connectivity index (χ4n) is 2.47. The van der Waals surface area contributed by atoms with Gasteiger partial charge in [0.2, 0.25) is 0 Å². The third kappa shape index (κ3) is 3.93. The van der Waals surface area contributed by atoms with Crippen molar-refractivity contribution in [2.75, 3.05) is 6.61 Å². The molecule has 0 saturated heterocycles. The van der Waals surface area contributed by atoms with Crippen LogP contribution in [-0.2, 0) is 4.79 Å². The molecule has 1 fully saturated rings. The minimum absolute atomic E-state index is 0.0633. The van der Waals surface area contributed by atoms with Crippen molar-refractivity contribution in [3.05, 3.63) is 53.6 Å². The van der Waals surface area contributed by atoms with Gasteiger partial charge in [0.05, 0.1) is 0 Å². The fourth-order valence-corrected chi connectivity index (χ4v) is 2.47. The van der Waals surface area contributed by atoms with Crippen molar-refractivity contribution in [3.8, 4) is 16.9 Å². The molecular formula is C19H20N2O3. The lowest BCUT2D eigenvalue weighted by Gasteiger charge is -2.13. The molecule has 0 heterocycles. The van der Waals surface area contributed by atoms with E-state index in [4.69, 9.17) is 10.5 Å². The molecule has 0 unspecified atom stereocenters. The number of carbonyl (C=O) groups excluding carboxylic acids is 2. The number of aryl methyl sites for hydroxylation is 1. The second-order valence-electron chi connectivity index (χ2n) is 6.08. The Morgan fingerprint density at radius 2 is 2.00 bits per heavy atom. The molecule has 0 aromatic heterocycles. The highest BCUT2D eigenvalue weighted by atomic mass is 16.5. The minimum atomic E-state index is -0.529. The second kappa shape index (κ2) is 6.74. The molecule has 0 aliphatic heterocycles. The molecule has 0 atom stereocenters. The highest BCUT2D eigenvalue weighted by Crippen LogP contribution is 2.31. The average molecular weight is 324 g/mol. The molecule has 2 aromatic rings. The summed E-state index contributed by atoms with van der Waals surface area (Å²) >= 11 is 0. The monoisotopic (exact) mass is 324 g/mol. The molecule has 24 heavy (non-hydrogen) atoms. The van der Waals surface area contributed by atoms with Gasteiger partial charge in [-0.2, -0.15) is 0 Å². The molecule has 0 radical (unpaired) electrons. The Morgan fingerprint density at radius 1 is 1.21 bits per heavy atom. The molecule has 0 bridgehead atoms. The van der Waals surface area contributed by atoms with Gasteiger partial charge >= 0.3 is 0 Å². The van der Waals surface area contributed by atoms with E-state index in [9.17, 15) is 9.59 Å². The van der Waals surface area contributed by atoms with Crippen LogP contribution >= 0.6 is 0 Å². The molecule has 2 aromatic carbocycles. The maximum Gasteiger partial charge on any atom is 0.255 e. The van der Waals surface area contributed by atoms with E-state index in [1.165, 1.54) is 0 Å². The Bertz CT molecular complexity index is 782. The molecule has 3 rings (SSSR count). The molecule has 0 spiro atoms. The van der Waals surface area contributed by atoms with Gasteiger partial charge in [-0.15, -0.1) is 0 Å². The first kappa shape index (κ1) is 16.1. The van der Waals surface area contributed by atoms with Crippen molar-refractivity contribution in [3.63, 3.8) is 0 Å². The highest BCUT2D eigenvalue weighted by Gasteiger charge is 2.24. The number of nitrogens with one attached hydrogen (secondary N) is 1. The van der Waals surface area contributed by atoms with E-state index >= 15 is 0 Å². The second-order valence-corrected chi connectivity index (χ2v) is 6.08. The maximum absolute atomic E-state index is 12.2. The number of carbonyl (C=O) groups is 2. The van der Waals surface area contributed by atoms with E-state index in [0.29, 0.717) is 17.4 Å². The molecule has 2 amide bonds. The van der Waals surface area contributed by atoms with Gasteiger partial charge in [-0.05, 0) is 49.6 Å². The summed E-state index contributed by atoms with van der Waals surface area (Å²) in [5.74, 6) is -0.0233. The number of hydrogen-bond acceptors (Lipinski definition) is 3. The Kier molecular flexibility index (Phi) is 4.51. The predicted molar refractivity (Wildman–Crippen MR) is 91.8 cm³/mol. The summed E-state index contributed by atoms with van der Waals surface area (Å²) in [5.41, 5.74) is 8.52. The van der Waals surface area contributed by atoms with Crippen LogP contribution in [-0.4, -0.2) is 24.5 Å². The summed E-state index contributed by atoms with van der Waals surface area (Å²) in [7, 11) is 0. The Labute approximate surface area is 140 Å². The number of nitrogens with two attached hydrogens (primary N) is 1. The van der Waals surface area contributed by atoms with Crippen LogP contribution in [0, 0.1) is 6.92 Å². The average Bonchev–Trinajstić information content (AvgIpc) is 3.37. The molecule has 5 nitrogen and oxygen atoms in total. The van der Waals surface area contributed by atoms with E-state index < -0.39 is 5.91 Å². The van der Waals surface area contributed by atoms with Gasteiger partial charge in [0.15, 0.2) is 6.61 Å². The van der Waals surface area contributed by atoms with Crippen molar-refractivity contribution >= 4 is 11.8 Å². The van der Waals surface area contributed by atoms with Crippen LogP contribution in [0.3, 0.4) is 0 Å². The van der Waals surface area contributed by atoms with Crippen LogP contribution in [0.2, 0.25) is 0 Å². The number of benzene rings is 2. The zero-order valence-corrected chi connectivity index (χ0v) is 13.5. The third-order valence-corrected chi connectivity index (χ3v) is 3.85. The quantitative estimate of drug-likeness (QED) is 0.856. The van der Waals surface area contributed by atoms with Gasteiger partial charge in [-0.1, -0.05) is 23.8 Å². The topological polar surface area (TPSA) is 81.4 Å². The summed E-state index contributed by atoms with van der Waals surface area (Å²) in [4.78, 5) is 23.2. The van der Waals surface area contributed by atoms with E-state index in [2.05, 4.69) is 5.32 Å². The van der Waals surface area contributed by atoms with Gasteiger partial charge < -0.3 is 15.8 Å². The van der Waals surface area contributed by atoms with Crippen LogP contribution in [0.25, 0.3) is 11.1 Å². The number of rotatable bonds is 6. The predicted octanol–water partition coefficient (Wildman–Crippen LogP) is 2.42. The Balaban J connectivity index is 1.91. The van der Waals surface area contributed by atoms with Crippen molar-refractivity contribution in [1.29, 1.82) is 0 Å². The zero-order valence-electron chi connectivity index (χ0n) is 13.5. The minimum Gasteiger partial charge on any atom is -0.483 e. The summed E-state index contributed by atoms with van der Waals surface area (Å²) in [6, 6.07) is 13.4. The molecule has 1 aliphatic rings. The first-order valence-electron chi connectivity index (χ1n) is 7.96. The van der Waals surface area contributed by atoms with Gasteiger partial charge in [0.1, 0.15) is 5.75 Å². The standard InChI is InChI=1S/C19H20N2O3/c1-12-5-8-17(24-11-18(20)22)16(9-12)13-3-2-4-14(10-13)19(23)21-15-6-7-15/h2-5,8-10,15H,6-7,11H2,1H3,(H2,20,22)(H,21,23). The van der Waals surface area contributed by atoms with Crippen LogP contribution < -0.4 is 15.8 Å². The van der Waals surface area contributed by atoms with Crippen LogP contribution in [0.4, 0.5) is 0 Å². The maximum atomic E-state index is 12.2. The van der Waals surface area contributed by atoms with Crippen LogP contribution in [0.15, 0.2) is 42.5 Å². The fraction of sp³-hybridized carbons (Fsp3) is 0.263. The van der Waals surface area contributed by atoms with Crippen molar-refractivity contribution in [2.45, 2.75) is 25.8 Å². The molecule has 1 aliphatic carbocycles. The third-order valence-electron chi connectivity index (χ3n) is 3.85. The number of hydrogen-bond donors (Lipinski definition) is 2. The van der Waals surface area contributed by atoms with Crippen molar-refractivity contribution in [1.82, 2.24) is 5.32 Å². The van der Waals surface area contributed by atoms with Crippen LogP contribution in [0.5, 0.6) is 5.75 Å². The van der Waals surface area contributed by atoms with E-state index in [0.717, 1.165) is 29.5 Å². The lowest BCUT2D eigenvalue weighted by atomic mass is 10.00. The first-order valence-corrected chi connectivity index (χ1v) is 7.96. The first-order chi connectivity index (χ1) is 11.5. The Hall–Kier alpha value is -2.82. The van der Waals surface area contributed by atoms with Gasteiger partial charge in [0, 0.05) is 17.2 Å². The summed E-state index contributed by atoms with van der Waals surface area (Å²) < 4.78 is 5.51. The van der Waals surface area contributed by atoms with E-state index in [1.807, 2.05) is 43.3 Å². The summed E-state index contributed by atoms with van der Waals surface area (Å²) in [6.45, 7) is 1.79.